The lowest BCUT2D eigenvalue weighted by molar-refractivity contribution is -0.117. The van der Waals surface area contributed by atoms with Gasteiger partial charge in [-0.25, -0.2) is 4.39 Å². The molecule has 0 radical (unpaired) electrons. The van der Waals surface area contributed by atoms with Crippen LogP contribution < -0.4 is 11.1 Å². The van der Waals surface area contributed by atoms with Gasteiger partial charge in [0, 0.05) is 4.47 Å². The molecule has 6 heteroatoms. The van der Waals surface area contributed by atoms with E-state index in [4.69, 9.17) is 5.73 Å². The molecule has 17 heavy (non-hydrogen) atoms. The Morgan fingerprint density at radius 1 is 1.65 bits per heavy atom. The second kappa shape index (κ2) is 6.98. The number of hydrogen-bond donors (Lipinski definition) is 2. The molecule has 0 aliphatic heterocycles. The number of halogens is 2. The summed E-state index contributed by atoms with van der Waals surface area (Å²) < 4.78 is 14.1. The minimum absolute atomic E-state index is 0.143. The fourth-order valence-electron chi connectivity index (χ4n) is 1.19. The van der Waals surface area contributed by atoms with Crippen molar-refractivity contribution in [2.75, 3.05) is 17.3 Å². The van der Waals surface area contributed by atoms with E-state index in [0.29, 0.717) is 10.9 Å². The molecule has 1 aromatic rings. The number of anilines is 1. The second-order valence-electron chi connectivity index (χ2n) is 3.50. The van der Waals surface area contributed by atoms with Crippen LogP contribution in [-0.4, -0.2) is 24.0 Å². The van der Waals surface area contributed by atoms with E-state index in [0.717, 1.165) is 5.75 Å². The van der Waals surface area contributed by atoms with Crippen LogP contribution >= 0.6 is 27.7 Å². The summed E-state index contributed by atoms with van der Waals surface area (Å²) >= 11 is 4.83. The largest absolute Gasteiger partial charge is 0.322 e. The van der Waals surface area contributed by atoms with Gasteiger partial charge in [0.2, 0.25) is 5.91 Å². The van der Waals surface area contributed by atoms with Crippen LogP contribution in [-0.2, 0) is 4.79 Å². The van der Waals surface area contributed by atoms with Crippen molar-refractivity contribution in [1.82, 2.24) is 0 Å². The molecule has 0 bridgehead atoms. The van der Waals surface area contributed by atoms with E-state index >= 15 is 0 Å². The van der Waals surface area contributed by atoms with Crippen molar-refractivity contribution >= 4 is 39.3 Å². The van der Waals surface area contributed by atoms with Gasteiger partial charge < -0.3 is 11.1 Å². The standard InChI is InChI=1S/C11H14BrFN2OS/c1-17-5-4-9(14)11(16)15-10-6-7(12)2-3-8(10)13/h2-3,6,9H,4-5,14H2,1H3,(H,15,16)/t9-/m0/s1. The zero-order chi connectivity index (χ0) is 12.8. The zero-order valence-electron chi connectivity index (χ0n) is 9.37. The molecule has 0 saturated carbocycles. The van der Waals surface area contributed by atoms with Crippen LogP contribution in [0.2, 0.25) is 0 Å². The first-order valence-corrected chi connectivity index (χ1v) is 7.23. The summed E-state index contributed by atoms with van der Waals surface area (Å²) in [6, 6.07) is 3.75. The third-order valence-electron chi connectivity index (χ3n) is 2.16. The maximum absolute atomic E-state index is 13.4. The smallest absolute Gasteiger partial charge is 0.241 e. The number of hydrogen-bond acceptors (Lipinski definition) is 3. The number of nitrogens with two attached hydrogens (primary N) is 1. The van der Waals surface area contributed by atoms with Crippen molar-refractivity contribution in [2.45, 2.75) is 12.5 Å². The van der Waals surface area contributed by atoms with Gasteiger partial charge in [-0.3, -0.25) is 4.79 Å². The maximum Gasteiger partial charge on any atom is 0.241 e. The van der Waals surface area contributed by atoms with E-state index in [9.17, 15) is 9.18 Å². The quantitative estimate of drug-likeness (QED) is 0.876. The normalized spacial score (nSPS) is 12.2. The Kier molecular flexibility index (Phi) is 5.94. The molecule has 0 unspecified atom stereocenters. The number of carbonyl (C=O) groups is 1. The molecule has 1 rings (SSSR count). The fourth-order valence-corrected chi connectivity index (χ4v) is 2.05. The number of nitrogens with one attached hydrogen (secondary N) is 1. The van der Waals surface area contributed by atoms with Crippen LogP contribution in [0.1, 0.15) is 6.42 Å². The summed E-state index contributed by atoms with van der Waals surface area (Å²) in [5.41, 5.74) is 5.82. The molecule has 3 nitrogen and oxygen atoms in total. The monoisotopic (exact) mass is 320 g/mol. The van der Waals surface area contributed by atoms with Crippen molar-refractivity contribution in [3.63, 3.8) is 0 Å². The SMILES string of the molecule is CSCC[C@H](N)C(=O)Nc1cc(Br)ccc1F. The van der Waals surface area contributed by atoms with Gasteiger partial charge in [-0.15, -0.1) is 0 Å². The minimum atomic E-state index is -0.610. The van der Waals surface area contributed by atoms with Gasteiger partial charge in [0.05, 0.1) is 11.7 Å². The van der Waals surface area contributed by atoms with Gasteiger partial charge in [0.25, 0.3) is 0 Å². The third kappa shape index (κ3) is 4.65. The van der Waals surface area contributed by atoms with Crippen molar-refractivity contribution in [3.8, 4) is 0 Å². The summed E-state index contributed by atoms with van der Waals surface area (Å²) in [5.74, 6) is -0.0371. The molecule has 1 aromatic carbocycles. The van der Waals surface area contributed by atoms with Crippen LogP contribution in [0.15, 0.2) is 22.7 Å². The summed E-state index contributed by atoms with van der Waals surface area (Å²) in [6.45, 7) is 0. The third-order valence-corrected chi connectivity index (χ3v) is 3.29. The molecule has 0 aliphatic rings. The van der Waals surface area contributed by atoms with E-state index in [1.807, 2.05) is 6.26 Å². The summed E-state index contributed by atoms with van der Waals surface area (Å²) in [4.78, 5) is 11.7. The van der Waals surface area contributed by atoms with E-state index in [-0.39, 0.29) is 11.6 Å². The van der Waals surface area contributed by atoms with Gasteiger partial charge >= 0.3 is 0 Å². The van der Waals surface area contributed by atoms with Crippen LogP contribution in [0.25, 0.3) is 0 Å². The van der Waals surface area contributed by atoms with Crippen molar-refractivity contribution in [3.05, 3.63) is 28.5 Å². The zero-order valence-corrected chi connectivity index (χ0v) is 11.8. The van der Waals surface area contributed by atoms with E-state index in [2.05, 4.69) is 21.2 Å². The molecule has 94 valence electrons. The molecular weight excluding hydrogens is 307 g/mol. The first kappa shape index (κ1) is 14.5. The average molecular weight is 321 g/mol. The fraction of sp³-hybridized carbons (Fsp3) is 0.364. The van der Waals surface area contributed by atoms with Gasteiger partial charge in [-0.05, 0) is 36.6 Å². The Bertz CT molecular complexity index is 403. The average Bonchev–Trinajstić information content (AvgIpc) is 2.30. The highest BCUT2D eigenvalue weighted by atomic mass is 79.9. The molecule has 1 amide bonds. The number of carbonyl (C=O) groups excluding carboxylic acids is 1. The lowest BCUT2D eigenvalue weighted by Crippen LogP contribution is -2.36. The number of benzene rings is 1. The number of rotatable bonds is 5. The first-order chi connectivity index (χ1) is 8.04. The summed E-state index contributed by atoms with van der Waals surface area (Å²) in [6.07, 6.45) is 2.52. The lowest BCUT2D eigenvalue weighted by Gasteiger charge is -2.12. The Morgan fingerprint density at radius 3 is 3.00 bits per heavy atom. The predicted molar refractivity (Wildman–Crippen MR) is 73.7 cm³/mol. The second-order valence-corrected chi connectivity index (χ2v) is 5.40. The van der Waals surface area contributed by atoms with Gasteiger partial charge in [-0.2, -0.15) is 11.8 Å². The summed E-state index contributed by atoms with van der Waals surface area (Å²) in [5, 5.41) is 2.48. The molecule has 3 N–H and O–H groups in total. The van der Waals surface area contributed by atoms with Crippen LogP contribution in [0.4, 0.5) is 10.1 Å². The van der Waals surface area contributed by atoms with Crippen molar-refractivity contribution in [1.29, 1.82) is 0 Å². The minimum Gasteiger partial charge on any atom is -0.322 e. The number of thioether (sulfide) groups is 1. The molecule has 0 fully saturated rings. The van der Waals surface area contributed by atoms with Crippen molar-refractivity contribution < 1.29 is 9.18 Å². The first-order valence-electron chi connectivity index (χ1n) is 5.05. The van der Waals surface area contributed by atoms with E-state index in [1.165, 1.54) is 12.1 Å². The molecule has 0 spiro atoms. The Labute approximate surface area is 112 Å². The lowest BCUT2D eigenvalue weighted by atomic mass is 10.2. The van der Waals surface area contributed by atoms with Crippen molar-refractivity contribution in [2.24, 2.45) is 5.73 Å². The maximum atomic E-state index is 13.4. The topological polar surface area (TPSA) is 55.1 Å². The number of amides is 1. The van der Waals surface area contributed by atoms with E-state index in [1.54, 1.807) is 17.8 Å². The molecule has 0 saturated heterocycles. The Hall–Kier alpha value is -0.590. The molecule has 0 aliphatic carbocycles. The molecule has 0 aromatic heterocycles. The molecule has 0 heterocycles. The van der Waals surface area contributed by atoms with Crippen LogP contribution in [0.5, 0.6) is 0 Å². The van der Waals surface area contributed by atoms with Gasteiger partial charge in [0.15, 0.2) is 0 Å². The predicted octanol–water partition coefficient (Wildman–Crippen LogP) is 2.61. The van der Waals surface area contributed by atoms with Crippen LogP contribution in [0.3, 0.4) is 0 Å². The molecule has 1 atom stereocenters. The van der Waals surface area contributed by atoms with Crippen LogP contribution in [0, 0.1) is 5.82 Å². The van der Waals surface area contributed by atoms with E-state index < -0.39 is 11.9 Å². The highest BCUT2D eigenvalue weighted by molar-refractivity contribution is 9.10. The highest BCUT2D eigenvalue weighted by Crippen LogP contribution is 2.20. The van der Waals surface area contributed by atoms with Gasteiger partial charge in [0.1, 0.15) is 5.82 Å². The highest BCUT2D eigenvalue weighted by Gasteiger charge is 2.14. The molecular formula is C11H14BrFN2OS. The Morgan fingerprint density at radius 2 is 2.35 bits per heavy atom. The van der Waals surface area contributed by atoms with Gasteiger partial charge in [-0.1, -0.05) is 15.9 Å². The summed E-state index contributed by atoms with van der Waals surface area (Å²) in [7, 11) is 0. The Balaban J connectivity index is 2.64.